The quantitative estimate of drug-likeness (QED) is 0.558. The maximum Gasteiger partial charge on any atom is 0.234 e. The van der Waals surface area contributed by atoms with Crippen LogP contribution < -0.4 is 5.32 Å². The monoisotopic (exact) mass is 172 g/mol. The summed E-state index contributed by atoms with van der Waals surface area (Å²) in [6.45, 7) is 0.293. The first-order valence-corrected chi connectivity index (χ1v) is 3.51. The zero-order valence-electron chi connectivity index (χ0n) is 6.91. The van der Waals surface area contributed by atoms with Crippen molar-refractivity contribution in [2.24, 2.45) is 0 Å². The minimum absolute atomic E-state index is 0.119. The number of carbonyl (C=O) groups excluding carboxylic acids is 1. The SMILES string of the molecule is COCC(O)CNC(=O)CC#N. The van der Waals surface area contributed by atoms with Gasteiger partial charge in [0.25, 0.3) is 0 Å². The van der Waals surface area contributed by atoms with Crippen LogP contribution in [-0.4, -0.2) is 37.4 Å². The van der Waals surface area contributed by atoms with Gasteiger partial charge in [0.05, 0.1) is 18.8 Å². The predicted molar refractivity (Wildman–Crippen MR) is 41.1 cm³/mol. The first kappa shape index (κ1) is 10.9. The zero-order chi connectivity index (χ0) is 9.40. The topological polar surface area (TPSA) is 82.3 Å². The van der Waals surface area contributed by atoms with Crippen LogP contribution >= 0.6 is 0 Å². The molecular weight excluding hydrogens is 160 g/mol. The van der Waals surface area contributed by atoms with Crippen molar-refractivity contribution in [3.63, 3.8) is 0 Å². The highest BCUT2D eigenvalue weighted by Crippen LogP contribution is 1.82. The smallest absolute Gasteiger partial charge is 0.234 e. The number of nitrogens with one attached hydrogen (secondary N) is 1. The first-order valence-electron chi connectivity index (χ1n) is 3.51. The molecule has 0 aliphatic rings. The Balaban J connectivity index is 3.41. The van der Waals surface area contributed by atoms with Crippen LogP contribution in [-0.2, 0) is 9.53 Å². The minimum atomic E-state index is -0.711. The lowest BCUT2D eigenvalue weighted by Gasteiger charge is -2.09. The second-order valence-electron chi connectivity index (χ2n) is 2.25. The maximum atomic E-state index is 10.7. The van der Waals surface area contributed by atoms with Crippen molar-refractivity contribution in [3.05, 3.63) is 0 Å². The molecule has 1 unspecified atom stereocenters. The van der Waals surface area contributed by atoms with E-state index >= 15 is 0 Å². The number of rotatable bonds is 5. The average molecular weight is 172 g/mol. The molecule has 1 atom stereocenters. The third kappa shape index (κ3) is 5.65. The van der Waals surface area contributed by atoms with Gasteiger partial charge in [0, 0.05) is 13.7 Å². The van der Waals surface area contributed by atoms with Crippen LogP contribution in [0.5, 0.6) is 0 Å². The van der Waals surface area contributed by atoms with Crippen LogP contribution in [0.1, 0.15) is 6.42 Å². The third-order valence-corrected chi connectivity index (χ3v) is 1.13. The summed E-state index contributed by atoms with van der Waals surface area (Å²) in [4.78, 5) is 10.7. The van der Waals surface area contributed by atoms with Gasteiger partial charge in [-0.05, 0) is 0 Å². The second kappa shape index (κ2) is 6.58. The molecule has 5 heteroatoms. The molecule has 12 heavy (non-hydrogen) atoms. The van der Waals surface area contributed by atoms with Crippen molar-refractivity contribution >= 4 is 5.91 Å². The highest BCUT2D eigenvalue weighted by molar-refractivity contribution is 5.77. The molecule has 0 aliphatic carbocycles. The lowest BCUT2D eigenvalue weighted by Crippen LogP contribution is -2.33. The zero-order valence-corrected chi connectivity index (χ0v) is 6.91. The second-order valence-corrected chi connectivity index (χ2v) is 2.25. The summed E-state index contributed by atoms with van der Waals surface area (Å²) in [6.07, 6.45) is -0.891. The van der Waals surface area contributed by atoms with Crippen LogP contribution in [0.15, 0.2) is 0 Å². The number of hydrogen-bond acceptors (Lipinski definition) is 4. The Morgan fingerprint density at radius 2 is 2.50 bits per heavy atom. The molecule has 0 aromatic rings. The van der Waals surface area contributed by atoms with E-state index < -0.39 is 6.10 Å². The van der Waals surface area contributed by atoms with Crippen molar-refractivity contribution in [2.45, 2.75) is 12.5 Å². The highest BCUT2D eigenvalue weighted by Gasteiger charge is 2.05. The van der Waals surface area contributed by atoms with Crippen molar-refractivity contribution < 1.29 is 14.6 Å². The molecule has 5 nitrogen and oxygen atoms in total. The van der Waals surface area contributed by atoms with Gasteiger partial charge >= 0.3 is 0 Å². The molecule has 0 saturated carbocycles. The Labute approximate surface area is 70.9 Å². The molecule has 0 heterocycles. The summed E-state index contributed by atoms with van der Waals surface area (Å²) in [5.41, 5.74) is 0. The summed E-state index contributed by atoms with van der Waals surface area (Å²) in [7, 11) is 1.46. The Hall–Kier alpha value is -1.12. The van der Waals surface area contributed by atoms with E-state index in [-0.39, 0.29) is 25.5 Å². The van der Waals surface area contributed by atoms with E-state index in [0.29, 0.717) is 0 Å². The van der Waals surface area contributed by atoms with Crippen LogP contribution in [0.25, 0.3) is 0 Å². The molecule has 0 spiro atoms. The number of aliphatic hydroxyl groups excluding tert-OH is 1. The van der Waals surface area contributed by atoms with E-state index in [4.69, 9.17) is 10.4 Å². The van der Waals surface area contributed by atoms with Crippen molar-refractivity contribution in [2.75, 3.05) is 20.3 Å². The standard InChI is InChI=1S/C7H12N2O3/c1-12-5-6(10)4-9-7(11)2-3-8/h6,10H,2,4-5H2,1H3,(H,9,11). The van der Waals surface area contributed by atoms with Gasteiger partial charge in [-0.1, -0.05) is 0 Å². The Kier molecular flexibility index (Phi) is 5.97. The number of carbonyl (C=O) groups is 1. The van der Waals surface area contributed by atoms with Gasteiger partial charge in [0.15, 0.2) is 0 Å². The molecule has 0 saturated heterocycles. The summed E-state index contributed by atoms with van der Waals surface area (Å²) in [5.74, 6) is -0.382. The van der Waals surface area contributed by atoms with Crippen LogP contribution in [0.3, 0.4) is 0 Å². The molecule has 0 fully saturated rings. The van der Waals surface area contributed by atoms with Gasteiger partial charge in [-0.25, -0.2) is 0 Å². The number of hydrogen-bond donors (Lipinski definition) is 2. The number of nitrogens with zero attached hydrogens (tertiary/aromatic N) is 1. The molecule has 1 amide bonds. The summed E-state index contributed by atoms with van der Waals surface area (Å²) < 4.78 is 4.63. The van der Waals surface area contributed by atoms with Gasteiger partial charge in [-0.2, -0.15) is 5.26 Å². The Morgan fingerprint density at radius 3 is 3.00 bits per heavy atom. The lowest BCUT2D eigenvalue weighted by molar-refractivity contribution is -0.120. The number of methoxy groups -OCH3 is 1. The highest BCUT2D eigenvalue weighted by atomic mass is 16.5. The fourth-order valence-electron chi connectivity index (χ4n) is 0.617. The molecule has 0 bridgehead atoms. The van der Waals surface area contributed by atoms with Crippen LogP contribution in [0.4, 0.5) is 0 Å². The molecule has 0 aromatic carbocycles. The molecule has 0 aliphatic heterocycles. The molecule has 0 rings (SSSR count). The average Bonchev–Trinajstić information content (AvgIpc) is 2.02. The van der Waals surface area contributed by atoms with Crippen LogP contribution in [0.2, 0.25) is 0 Å². The number of amides is 1. The van der Waals surface area contributed by atoms with Gasteiger partial charge < -0.3 is 15.2 Å². The molecule has 2 N–H and O–H groups in total. The number of nitriles is 1. The fourth-order valence-corrected chi connectivity index (χ4v) is 0.617. The van der Waals surface area contributed by atoms with E-state index in [1.54, 1.807) is 6.07 Å². The predicted octanol–water partition coefficient (Wildman–Crippen LogP) is -0.976. The molecular formula is C7H12N2O3. The Bertz CT molecular complexity index is 176. The minimum Gasteiger partial charge on any atom is -0.389 e. The van der Waals surface area contributed by atoms with Gasteiger partial charge in [-0.15, -0.1) is 0 Å². The summed E-state index contributed by atoms with van der Waals surface area (Å²) in [5, 5.41) is 19.5. The van der Waals surface area contributed by atoms with Gasteiger partial charge in [0.2, 0.25) is 5.91 Å². The van der Waals surface area contributed by atoms with Crippen molar-refractivity contribution in [1.29, 1.82) is 5.26 Å². The molecule has 0 radical (unpaired) electrons. The molecule has 68 valence electrons. The van der Waals surface area contributed by atoms with E-state index in [9.17, 15) is 4.79 Å². The normalized spacial score (nSPS) is 11.8. The van der Waals surface area contributed by atoms with Gasteiger partial charge in [0.1, 0.15) is 6.42 Å². The van der Waals surface area contributed by atoms with Crippen LogP contribution in [0, 0.1) is 11.3 Å². The summed E-state index contributed by atoms with van der Waals surface area (Å²) >= 11 is 0. The lowest BCUT2D eigenvalue weighted by atomic mass is 10.3. The number of ether oxygens (including phenoxy) is 1. The summed E-state index contributed by atoms with van der Waals surface area (Å²) in [6, 6.07) is 1.70. The maximum absolute atomic E-state index is 10.7. The van der Waals surface area contributed by atoms with Crippen molar-refractivity contribution in [1.82, 2.24) is 5.32 Å². The number of aliphatic hydroxyl groups is 1. The van der Waals surface area contributed by atoms with E-state index in [1.807, 2.05) is 0 Å². The first-order chi connectivity index (χ1) is 5.70. The van der Waals surface area contributed by atoms with E-state index in [2.05, 4.69) is 10.1 Å². The Morgan fingerprint density at radius 1 is 1.83 bits per heavy atom. The van der Waals surface area contributed by atoms with Gasteiger partial charge in [-0.3, -0.25) is 4.79 Å². The third-order valence-electron chi connectivity index (χ3n) is 1.13. The van der Waals surface area contributed by atoms with E-state index in [0.717, 1.165) is 0 Å². The fraction of sp³-hybridized carbons (Fsp3) is 0.714. The van der Waals surface area contributed by atoms with Crippen molar-refractivity contribution in [3.8, 4) is 6.07 Å². The molecule has 0 aromatic heterocycles. The van der Waals surface area contributed by atoms with E-state index in [1.165, 1.54) is 7.11 Å². The largest absolute Gasteiger partial charge is 0.389 e.